The second-order valence-corrected chi connectivity index (χ2v) is 16.0. The molecule has 6 rings (SSSR count). The van der Waals surface area contributed by atoms with Gasteiger partial charge in [0.1, 0.15) is 5.52 Å². The maximum absolute atomic E-state index is 14.1. The van der Waals surface area contributed by atoms with Crippen LogP contribution in [0, 0.1) is 10.8 Å². The molecule has 3 N–H and O–H groups in total. The van der Waals surface area contributed by atoms with Gasteiger partial charge in [-0.05, 0) is 101 Å². The fraction of sp³-hybridized carbons (Fsp3) is 0.310. The number of para-hydroxylation sites is 2. The van der Waals surface area contributed by atoms with Crippen LogP contribution in [0.3, 0.4) is 0 Å². The zero-order valence-corrected chi connectivity index (χ0v) is 30.8. The van der Waals surface area contributed by atoms with E-state index in [0.29, 0.717) is 29.1 Å². The highest BCUT2D eigenvalue weighted by atomic mass is 32.2. The monoisotopic (exact) mass is 719 g/mol. The van der Waals surface area contributed by atoms with Crippen molar-refractivity contribution in [1.82, 2.24) is 10.3 Å². The number of fused-ring (bicyclic) bond motifs is 1. The van der Waals surface area contributed by atoms with Crippen LogP contribution >= 0.6 is 0 Å². The molecule has 0 bridgehead atoms. The van der Waals surface area contributed by atoms with E-state index in [-0.39, 0.29) is 23.3 Å². The summed E-state index contributed by atoms with van der Waals surface area (Å²) in [5.74, 6) is -1.24. The van der Waals surface area contributed by atoms with E-state index in [4.69, 9.17) is 8.97 Å². The van der Waals surface area contributed by atoms with Crippen LogP contribution in [0.1, 0.15) is 79.9 Å². The first-order valence-electron chi connectivity index (χ1n) is 17.7. The molecule has 52 heavy (non-hydrogen) atoms. The van der Waals surface area contributed by atoms with Gasteiger partial charge in [0, 0.05) is 23.4 Å². The van der Waals surface area contributed by atoms with Gasteiger partial charge in [0.2, 0.25) is 11.8 Å². The summed E-state index contributed by atoms with van der Waals surface area (Å²) >= 11 is 0. The zero-order chi connectivity index (χ0) is 37.1. The predicted molar refractivity (Wildman–Crippen MR) is 206 cm³/mol. The minimum Gasteiger partial charge on any atom is -0.436 e. The Morgan fingerprint density at radius 2 is 1.58 bits per heavy atom. The van der Waals surface area contributed by atoms with Crippen molar-refractivity contribution in [3.63, 3.8) is 0 Å². The zero-order valence-electron chi connectivity index (χ0n) is 30.0. The van der Waals surface area contributed by atoms with E-state index < -0.39 is 27.7 Å². The van der Waals surface area contributed by atoms with E-state index in [1.165, 1.54) is 11.1 Å². The molecule has 0 radical (unpaired) electrons. The Kier molecular flexibility index (Phi) is 10.5. The van der Waals surface area contributed by atoms with Gasteiger partial charge in [-0.25, -0.2) is 4.98 Å². The molecule has 1 aliphatic carbocycles. The number of carbonyl (C=O) groups excluding carboxylic acids is 2. The number of hydrogen-bond donors (Lipinski definition) is 3. The number of amides is 2. The summed E-state index contributed by atoms with van der Waals surface area (Å²) in [5, 5.41) is 5.60. The van der Waals surface area contributed by atoms with Gasteiger partial charge in [0.25, 0.3) is 16.0 Å². The van der Waals surface area contributed by atoms with Crippen molar-refractivity contribution in [2.24, 2.45) is 10.8 Å². The number of nitrogens with one attached hydrogen (secondary N) is 2. The molecule has 1 unspecified atom stereocenters. The lowest BCUT2D eigenvalue weighted by Crippen LogP contribution is -2.32. The molecular weight excluding hydrogens is 675 g/mol. The first-order chi connectivity index (χ1) is 24.8. The van der Waals surface area contributed by atoms with E-state index in [2.05, 4.69) is 61.5 Å². The van der Waals surface area contributed by atoms with Gasteiger partial charge in [-0.1, -0.05) is 88.7 Å². The van der Waals surface area contributed by atoms with Crippen LogP contribution in [0.15, 0.2) is 108 Å². The van der Waals surface area contributed by atoms with E-state index in [1.54, 1.807) is 24.3 Å². The Morgan fingerprint density at radius 3 is 2.23 bits per heavy atom. The molecule has 5 aromatic rings. The van der Waals surface area contributed by atoms with Crippen LogP contribution in [0.2, 0.25) is 0 Å². The maximum atomic E-state index is 14.1. The van der Waals surface area contributed by atoms with E-state index in [1.807, 2.05) is 60.7 Å². The summed E-state index contributed by atoms with van der Waals surface area (Å²) in [6.45, 7) is 9.08. The van der Waals surface area contributed by atoms with Gasteiger partial charge < -0.3 is 15.1 Å². The van der Waals surface area contributed by atoms with Crippen LogP contribution in [-0.4, -0.2) is 42.1 Å². The summed E-state index contributed by atoms with van der Waals surface area (Å²) in [6.07, 6.45) is 5.96. The second kappa shape index (κ2) is 14.9. The van der Waals surface area contributed by atoms with Gasteiger partial charge in [-0.3, -0.25) is 14.1 Å². The SMILES string of the molecule is CCCC1(C)C(c2ccc([C@@H](Cc3ccc(C(=O)NCCS(=O)(=O)O)cc3)C(=O)Nc3ccc(-c4nc5ccccc5o4)cc3)cc2)=CCC1(C)C. The fourth-order valence-electron chi connectivity index (χ4n) is 7.18. The number of aromatic nitrogens is 1. The molecule has 4 aromatic carbocycles. The molecule has 0 aliphatic heterocycles. The minimum atomic E-state index is -4.18. The number of hydrogen-bond acceptors (Lipinski definition) is 6. The summed E-state index contributed by atoms with van der Waals surface area (Å²) in [4.78, 5) is 31.2. The molecule has 1 aromatic heterocycles. The molecule has 9 nitrogen and oxygen atoms in total. The van der Waals surface area contributed by atoms with E-state index >= 15 is 0 Å². The third kappa shape index (κ3) is 8.03. The number of oxazole rings is 1. The summed E-state index contributed by atoms with van der Waals surface area (Å²) in [5.41, 5.74) is 7.69. The summed E-state index contributed by atoms with van der Waals surface area (Å²) in [6, 6.07) is 30.2. The van der Waals surface area contributed by atoms with Crippen LogP contribution in [0.5, 0.6) is 0 Å². The first kappa shape index (κ1) is 36.7. The molecule has 10 heteroatoms. The fourth-order valence-corrected chi connectivity index (χ4v) is 7.54. The molecule has 2 amide bonds. The Morgan fingerprint density at radius 1 is 0.904 bits per heavy atom. The molecule has 0 spiro atoms. The van der Waals surface area contributed by atoms with Gasteiger partial charge in [-0.2, -0.15) is 8.42 Å². The lowest BCUT2D eigenvalue weighted by Gasteiger charge is -2.41. The topological polar surface area (TPSA) is 139 Å². The smallest absolute Gasteiger partial charge is 0.266 e. The van der Waals surface area contributed by atoms with E-state index in [0.717, 1.165) is 41.5 Å². The van der Waals surface area contributed by atoms with Gasteiger partial charge in [0.05, 0.1) is 11.7 Å². The third-order valence-corrected chi connectivity index (χ3v) is 11.3. The molecule has 2 atom stereocenters. The maximum Gasteiger partial charge on any atom is 0.266 e. The Labute approximate surface area is 305 Å². The number of carbonyl (C=O) groups is 2. The van der Waals surface area contributed by atoms with Gasteiger partial charge in [0.15, 0.2) is 5.58 Å². The predicted octanol–water partition coefficient (Wildman–Crippen LogP) is 8.70. The second-order valence-electron chi connectivity index (χ2n) is 14.5. The van der Waals surface area contributed by atoms with Crippen LogP contribution in [0.25, 0.3) is 28.1 Å². The average Bonchev–Trinajstić information content (AvgIpc) is 3.65. The lowest BCUT2D eigenvalue weighted by atomic mass is 9.62. The minimum absolute atomic E-state index is 0.0461. The highest BCUT2D eigenvalue weighted by Gasteiger charge is 2.46. The largest absolute Gasteiger partial charge is 0.436 e. The molecule has 0 fully saturated rings. The van der Waals surface area contributed by atoms with E-state index in [9.17, 15) is 18.0 Å². The molecule has 0 saturated carbocycles. The summed E-state index contributed by atoms with van der Waals surface area (Å²) in [7, 11) is -4.18. The van der Waals surface area contributed by atoms with Crippen molar-refractivity contribution in [1.29, 1.82) is 0 Å². The third-order valence-electron chi connectivity index (χ3n) is 10.6. The quantitative estimate of drug-likeness (QED) is 0.104. The number of allylic oxidation sites excluding steroid dienone is 2. The Balaban J connectivity index is 1.23. The Hall–Kier alpha value is -5.06. The van der Waals surface area contributed by atoms with Crippen LogP contribution < -0.4 is 10.6 Å². The van der Waals surface area contributed by atoms with Crippen molar-refractivity contribution >= 4 is 44.3 Å². The number of anilines is 1. The number of rotatable bonds is 13. The highest BCUT2D eigenvalue weighted by molar-refractivity contribution is 7.85. The number of benzene rings is 4. The van der Waals surface area contributed by atoms with Gasteiger partial charge >= 0.3 is 0 Å². The molecule has 0 saturated heterocycles. The van der Waals surface area contributed by atoms with Crippen LogP contribution in [0.4, 0.5) is 5.69 Å². The molecule has 1 aliphatic rings. The number of nitrogens with zero attached hydrogens (tertiary/aromatic N) is 1. The summed E-state index contributed by atoms with van der Waals surface area (Å²) < 4.78 is 36.9. The molecule has 270 valence electrons. The first-order valence-corrected chi connectivity index (χ1v) is 19.3. The highest BCUT2D eigenvalue weighted by Crippen LogP contribution is 2.58. The Bertz CT molecular complexity index is 2170. The van der Waals surface area contributed by atoms with Crippen molar-refractivity contribution in [2.75, 3.05) is 17.6 Å². The normalized spacial score (nSPS) is 17.4. The lowest BCUT2D eigenvalue weighted by molar-refractivity contribution is -0.117. The molecule has 1 heterocycles. The van der Waals surface area contributed by atoms with Crippen molar-refractivity contribution < 1.29 is 27.0 Å². The average molecular weight is 720 g/mol. The van der Waals surface area contributed by atoms with Crippen LogP contribution in [-0.2, 0) is 21.3 Å². The van der Waals surface area contributed by atoms with Crippen molar-refractivity contribution in [3.8, 4) is 11.5 Å². The van der Waals surface area contributed by atoms with Crippen molar-refractivity contribution in [2.45, 2.75) is 59.3 Å². The standard InChI is InChI=1S/C42H45N3O6S/c1-5-23-42(4)35(22-24-41(42,2)3)30-16-14-29(15-17-30)34(27-28-10-12-31(13-11-28)38(46)43-25-26-52(48,49)50)39(47)44-33-20-18-32(19-21-33)40-45-36-8-6-7-9-37(36)51-40/h6-22,34H,5,23-27H2,1-4H3,(H,43,46)(H,44,47)(H,48,49,50)/t34-,42?/m1/s1. The molecular formula is C42H45N3O6S. The van der Waals surface area contributed by atoms with Gasteiger partial charge in [-0.15, -0.1) is 0 Å². The van der Waals surface area contributed by atoms with Crippen molar-refractivity contribution in [3.05, 3.63) is 125 Å².